The SMILES string of the molecule is O=C(O)O.O=P([O-])([O-])O.[K+].[Na+]. The average molecular weight is 220 g/mol. The number of hydrogen-bond donors (Lipinski definition) is 3. The Hall–Kier alpha value is 2.02. The van der Waals surface area contributed by atoms with Crippen LogP contribution in [0.1, 0.15) is 0 Å². The predicted molar refractivity (Wildman–Crippen MR) is 20.5 cm³/mol. The molecule has 0 spiro atoms. The van der Waals surface area contributed by atoms with Crippen molar-refractivity contribution in [1.29, 1.82) is 0 Å². The van der Waals surface area contributed by atoms with Crippen molar-refractivity contribution in [3.05, 3.63) is 0 Å². The van der Waals surface area contributed by atoms with E-state index in [-0.39, 0.29) is 80.9 Å². The largest absolute Gasteiger partial charge is 1.00 e. The van der Waals surface area contributed by atoms with Gasteiger partial charge in [-0.25, -0.2) is 4.79 Å². The molecule has 0 aliphatic carbocycles. The van der Waals surface area contributed by atoms with Gasteiger partial charge in [-0.3, -0.25) is 0 Å². The van der Waals surface area contributed by atoms with Crippen molar-refractivity contribution in [3.63, 3.8) is 0 Å². The van der Waals surface area contributed by atoms with Crippen LogP contribution in [0.15, 0.2) is 0 Å². The molecule has 0 radical (unpaired) electrons. The van der Waals surface area contributed by atoms with E-state index in [1.807, 2.05) is 0 Å². The van der Waals surface area contributed by atoms with Gasteiger partial charge in [0.1, 0.15) is 0 Å². The normalized spacial score (nSPS) is 7.55. The summed E-state index contributed by atoms with van der Waals surface area (Å²) in [6, 6.07) is 0. The first kappa shape index (κ1) is 23.1. The van der Waals surface area contributed by atoms with Crippen LogP contribution in [0.3, 0.4) is 0 Å². The van der Waals surface area contributed by atoms with Crippen LogP contribution >= 0.6 is 7.82 Å². The first-order chi connectivity index (χ1) is 3.73. The number of rotatable bonds is 0. The van der Waals surface area contributed by atoms with Gasteiger partial charge in [0.15, 0.2) is 0 Å². The number of carbonyl (C=O) groups is 1. The van der Waals surface area contributed by atoms with Crippen LogP contribution in [0.2, 0.25) is 0 Å². The maximum atomic E-state index is 8.66. The zero-order valence-electron chi connectivity index (χ0n) is 5.92. The van der Waals surface area contributed by atoms with Crippen molar-refractivity contribution in [1.82, 2.24) is 0 Å². The molecule has 0 aromatic heterocycles. The fourth-order valence-electron chi connectivity index (χ4n) is 0. The first-order valence-electron chi connectivity index (χ1n) is 1.40. The van der Waals surface area contributed by atoms with E-state index in [1.165, 1.54) is 0 Å². The monoisotopic (exact) mass is 220 g/mol. The van der Waals surface area contributed by atoms with Gasteiger partial charge >= 0.3 is 87.1 Å². The van der Waals surface area contributed by atoms with Crippen molar-refractivity contribution in [2.45, 2.75) is 0 Å². The molecule has 0 amide bonds. The van der Waals surface area contributed by atoms with Gasteiger partial charge in [-0.05, 0) is 0 Å². The smallest absolute Gasteiger partial charge is 0.790 e. The molecule has 0 bridgehead atoms. The molecular weight excluding hydrogens is 217 g/mol. The summed E-state index contributed by atoms with van der Waals surface area (Å²) in [4.78, 5) is 32.8. The molecule has 0 aliphatic heterocycles. The van der Waals surface area contributed by atoms with Crippen LogP contribution in [-0.4, -0.2) is 21.3 Å². The van der Waals surface area contributed by atoms with Gasteiger partial charge in [0.05, 0.1) is 7.82 Å². The maximum absolute atomic E-state index is 8.66. The van der Waals surface area contributed by atoms with E-state index in [2.05, 4.69) is 0 Å². The van der Waals surface area contributed by atoms with Crippen LogP contribution in [-0.2, 0) is 4.57 Å². The second kappa shape index (κ2) is 12.0. The third-order valence-corrected chi connectivity index (χ3v) is 0. The molecule has 0 atom stereocenters. The number of carboxylic acid groups (broad SMARTS) is 2. The van der Waals surface area contributed by atoms with Crippen LogP contribution in [0.4, 0.5) is 4.79 Å². The number of phosphoric acid groups is 1. The Kier molecular flexibility index (Phi) is 25.3. The molecule has 0 aromatic rings. The Bertz CT molecular complexity index is 118. The van der Waals surface area contributed by atoms with Gasteiger partial charge in [0.2, 0.25) is 0 Å². The third-order valence-electron chi connectivity index (χ3n) is 0. The summed E-state index contributed by atoms with van der Waals surface area (Å²) < 4.78 is 8.66. The molecule has 3 N–H and O–H groups in total. The Morgan fingerprint density at radius 2 is 1.27 bits per heavy atom. The van der Waals surface area contributed by atoms with E-state index in [4.69, 9.17) is 34.3 Å². The molecule has 0 fully saturated rings. The molecule has 0 aromatic carbocycles. The van der Waals surface area contributed by atoms with Crippen LogP contribution in [0.5, 0.6) is 0 Å². The third kappa shape index (κ3) is 297. The zero-order chi connectivity index (χ0) is 8.08. The fourth-order valence-corrected chi connectivity index (χ4v) is 0. The zero-order valence-corrected chi connectivity index (χ0v) is 11.9. The molecule has 10 heteroatoms. The molecule has 7 nitrogen and oxygen atoms in total. The molecule has 0 saturated heterocycles. The topological polar surface area (TPSA) is 141 Å². The standard InChI is InChI=1S/CH2O3.K.Na.H3O4P/c2-1(3)4;;;1-5(2,3)4/h(H2,2,3,4);;;(H3,1,2,3,4)/q;2*+1;/p-2. The molecule has 11 heavy (non-hydrogen) atoms. The van der Waals surface area contributed by atoms with Crippen LogP contribution in [0.25, 0.3) is 0 Å². The maximum Gasteiger partial charge on any atom is 1.00 e. The van der Waals surface area contributed by atoms with E-state index in [0.717, 1.165) is 0 Å². The fraction of sp³-hybridized carbons (Fsp3) is 0. The molecule has 0 saturated carbocycles. The van der Waals surface area contributed by atoms with Gasteiger partial charge < -0.3 is 29.5 Å². The Morgan fingerprint density at radius 1 is 1.27 bits per heavy atom. The Morgan fingerprint density at radius 3 is 1.27 bits per heavy atom. The summed E-state index contributed by atoms with van der Waals surface area (Å²) in [7, 11) is -5.14. The molecule has 0 heterocycles. The van der Waals surface area contributed by atoms with Gasteiger partial charge in [0, 0.05) is 0 Å². The summed E-state index contributed by atoms with van der Waals surface area (Å²) in [6.45, 7) is 0. The second-order valence-corrected chi connectivity index (χ2v) is 1.69. The second-order valence-electron chi connectivity index (χ2n) is 0.751. The van der Waals surface area contributed by atoms with E-state index in [9.17, 15) is 0 Å². The Balaban J connectivity index is -0.0000000383. The summed E-state index contributed by atoms with van der Waals surface area (Å²) in [5.41, 5.74) is 0. The van der Waals surface area contributed by atoms with E-state index < -0.39 is 14.0 Å². The van der Waals surface area contributed by atoms with E-state index >= 15 is 0 Å². The minimum absolute atomic E-state index is 0. The summed E-state index contributed by atoms with van der Waals surface area (Å²) in [6.07, 6.45) is -1.83. The van der Waals surface area contributed by atoms with Gasteiger partial charge in [0.25, 0.3) is 0 Å². The molecule has 56 valence electrons. The van der Waals surface area contributed by atoms with Crippen molar-refractivity contribution < 1.29 is 115 Å². The Labute approximate surface area is 127 Å². The van der Waals surface area contributed by atoms with Crippen molar-refractivity contribution >= 4 is 14.0 Å². The number of hydrogen-bond acceptors (Lipinski definition) is 4. The molecule has 0 rings (SSSR count). The minimum atomic E-state index is -5.14. The minimum Gasteiger partial charge on any atom is -0.790 e. The summed E-state index contributed by atoms with van der Waals surface area (Å²) in [5, 5.41) is 13.9. The van der Waals surface area contributed by atoms with Crippen molar-refractivity contribution in [2.24, 2.45) is 0 Å². The van der Waals surface area contributed by atoms with Crippen molar-refractivity contribution in [3.8, 4) is 0 Å². The molecule has 0 aliphatic rings. The van der Waals surface area contributed by atoms with E-state index in [1.54, 1.807) is 0 Å². The van der Waals surface area contributed by atoms with Crippen molar-refractivity contribution in [2.75, 3.05) is 0 Å². The first-order valence-corrected chi connectivity index (χ1v) is 2.89. The summed E-state index contributed by atoms with van der Waals surface area (Å²) >= 11 is 0. The van der Waals surface area contributed by atoms with Gasteiger partial charge in [-0.15, -0.1) is 0 Å². The summed E-state index contributed by atoms with van der Waals surface area (Å²) in [5.74, 6) is 0. The van der Waals surface area contributed by atoms with Crippen LogP contribution < -0.4 is 90.7 Å². The van der Waals surface area contributed by atoms with E-state index in [0.29, 0.717) is 0 Å². The quantitative estimate of drug-likeness (QED) is 0.272. The predicted octanol–water partition coefficient (Wildman–Crippen LogP) is -7.96. The van der Waals surface area contributed by atoms with Crippen LogP contribution in [0, 0.1) is 0 Å². The average Bonchev–Trinajstić information content (AvgIpc) is 1.19. The molecule has 0 unspecified atom stereocenters. The van der Waals surface area contributed by atoms with Gasteiger partial charge in [-0.1, -0.05) is 0 Å². The molecular formula is CH3KNaO7P. The van der Waals surface area contributed by atoms with Gasteiger partial charge in [-0.2, -0.15) is 0 Å².